The minimum absolute atomic E-state index is 0.0700. The van der Waals surface area contributed by atoms with Crippen molar-refractivity contribution in [3.05, 3.63) is 24.3 Å². The molecule has 0 radical (unpaired) electrons. The number of alkyl halides is 3. The van der Waals surface area contributed by atoms with Crippen LogP contribution in [0.5, 0.6) is 0 Å². The van der Waals surface area contributed by atoms with Gasteiger partial charge in [-0.25, -0.2) is 4.79 Å². The summed E-state index contributed by atoms with van der Waals surface area (Å²) < 4.78 is 36.9. The van der Waals surface area contributed by atoms with Crippen LogP contribution in [0.1, 0.15) is 13.8 Å². The quantitative estimate of drug-likeness (QED) is 0.697. The van der Waals surface area contributed by atoms with E-state index in [2.05, 4.69) is 10.6 Å². The summed E-state index contributed by atoms with van der Waals surface area (Å²) in [6, 6.07) is 5.52. The van der Waals surface area contributed by atoms with Gasteiger partial charge >= 0.3 is 12.2 Å². The number of carbonyl (C=O) groups excluding carboxylic acids is 1. The van der Waals surface area contributed by atoms with E-state index in [-0.39, 0.29) is 18.6 Å². The molecular weight excluding hydrogens is 317 g/mol. The van der Waals surface area contributed by atoms with Crippen LogP contribution in [0.2, 0.25) is 0 Å². The number of aliphatic hydroxyl groups is 1. The minimum atomic E-state index is -4.27. The fourth-order valence-corrected chi connectivity index (χ4v) is 2.29. The lowest BCUT2D eigenvalue weighted by atomic mass is 10.1. The minimum Gasteiger partial charge on any atom is -0.396 e. The Balaban J connectivity index is 2.67. The zero-order valence-electron chi connectivity index (χ0n) is 12.3. The molecule has 3 N–H and O–H groups in total. The average Bonchev–Trinajstić information content (AvgIpc) is 2.44. The third-order valence-electron chi connectivity index (χ3n) is 3.03. The maximum atomic E-state index is 12.3. The van der Waals surface area contributed by atoms with Gasteiger partial charge in [0, 0.05) is 17.5 Å². The Labute approximate surface area is 131 Å². The molecule has 0 aliphatic carbocycles. The number of urea groups is 1. The van der Waals surface area contributed by atoms with Gasteiger partial charge in [-0.1, -0.05) is 19.1 Å². The Morgan fingerprint density at radius 3 is 2.55 bits per heavy atom. The van der Waals surface area contributed by atoms with E-state index in [0.29, 0.717) is 22.3 Å². The number of benzene rings is 1. The number of para-hydroxylation sites is 1. The first-order valence-electron chi connectivity index (χ1n) is 6.70. The van der Waals surface area contributed by atoms with Gasteiger partial charge in [-0.15, -0.1) is 11.8 Å². The van der Waals surface area contributed by atoms with Crippen molar-refractivity contribution in [3.8, 4) is 0 Å². The SMILES string of the molecule is C[C@@H](CO)[C@@H](C)NC(=O)Nc1ccccc1SCC(F)(F)F. The van der Waals surface area contributed by atoms with E-state index in [4.69, 9.17) is 5.11 Å². The number of rotatable bonds is 6. The van der Waals surface area contributed by atoms with Crippen molar-refractivity contribution < 1.29 is 23.1 Å². The molecule has 124 valence electrons. The maximum Gasteiger partial charge on any atom is 0.398 e. The van der Waals surface area contributed by atoms with Crippen molar-refractivity contribution in [2.45, 2.75) is 31.0 Å². The normalized spacial score (nSPS) is 14.3. The van der Waals surface area contributed by atoms with Crippen LogP contribution in [-0.2, 0) is 0 Å². The first kappa shape index (κ1) is 18.6. The summed E-state index contributed by atoms with van der Waals surface area (Å²) >= 11 is 0.618. The standard InChI is InChI=1S/C14H19F3N2O2S/c1-9(7-20)10(2)18-13(21)19-11-5-3-4-6-12(11)22-8-14(15,16)17/h3-6,9-10,20H,7-8H2,1-2H3,(H2,18,19,21)/t9-,10+/m0/s1. The van der Waals surface area contributed by atoms with Gasteiger partial charge in [0.2, 0.25) is 0 Å². The number of hydrogen-bond donors (Lipinski definition) is 3. The van der Waals surface area contributed by atoms with Crippen LogP contribution in [0.3, 0.4) is 0 Å². The number of aliphatic hydroxyl groups excluding tert-OH is 1. The summed E-state index contributed by atoms with van der Waals surface area (Å²) in [6.07, 6.45) is -4.27. The molecule has 2 atom stereocenters. The zero-order valence-corrected chi connectivity index (χ0v) is 13.1. The highest BCUT2D eigenvalue weighted by Gasteiger charge is 2.27. The van der Waals surface area contributed by atoms with Crippen LogP contribution >= 0.6 is 11.8 Å². The first-order chi connectivity index (χ1) is 10.2. The van der Waals surface area contributed by atoms with E-state index in [9.17, 15) is 18.0 Å². The molecule has 1 aromatic carbocycles. The van der Waals surface area contributed by atoms with E-state index in [1.165, 1.54) is 6.07 Å². The van der Waals surface area contributed by atoms with Crippen molar-refractivity contribution in [2.24, 2.45) is 5.92 Å². The zero-order chi connectivity index (χ0) is 16.8. The Bertz CT molecular complexity index is 497. The van der Waals surface area contributed by atoms with Crippen molar-refractivity contribution in [1.29, 1.82) is 0 Å². The number of carbonyl (C=O) groups is 1. The molecule has 0 aliphatic heterocycles. The van der Waals surface area contributed by atoms with E-state index < -0.39 is 18.0 Å². The number of halogens is 3. The van der Waals surface area contributed by atoms with Gasteiger partial charge in [-0.05, 0) is 25.0 Å². The first-order valence-corrected chi connectivity index (χ1v) is 7.68. The van der Waals surface area contributed by atoms with Gasteiger partial charge in [0.25, 0.3) is 0 Å². The summed E-state index contributed by atoms with van der Waals surface area (Å²) in [5, 5.41) is 14.2. The van der Waals surface area contributed by atoms with Gasteiger partial charge in [-0.3, -0.25) is 0 Å². The lowest BCUT2D eigenvalue weighted by molar-refractivity contribution is -0.105. The number of thioether (sulfide) groups is 1. The largest absolute Gasteiger partial charge is 0.398 e. The smallest absolute Gasteiger partial charge is 0.396 e. The van der Waals surface area contributed by atoms with Crippen LogP contribution in [0, 0.1) is 5.92 Å². The number of nitrogens with one attached hydrogen (secondary N) is 2. The third-order valence-corrected chi connectivity index (χ3v) is 4.17. The Morgan fingerprint density at radius 2 is 1.95 bits per heavy atom. The predicted molar refractivity (Wildman–Crippen MR) is 81.1 cm³/mol. The Hall–Kier alpha value is -1.41. The Morgan fingerprint density at radius 1 is 1.32 bits per heavy atom. The van der Waals surface area contributed by atoms with Crippen LogP contribution in [-0.4, -0.2) is 35.7 Å². The molecule has 4 nitrogen and oxygen atoms in total. The molecule has 2 amide bonds. The van der Waals surface area contributed by atoms with Gasteiger partial charge in [0.1, 0.15) is 0 Å². The van der Waals surface area contributed by atoms with Crippen molar-refractivity contribution in [3.63, 3.8) is 0 Å². The van der Waals surface area contributed by atoms with E-state index in [1.807, 2.05) is 0 Å². The molecule has 0 saturated heterocycles. The summed E-state index contributed by atoms with van der Waals surface area (Å²) in [7, 11) is 0. The second kappa shape index (κ2) is 8.28. The summed E-state index contributed by atoms with van der Waals surface area (Å²) in [5.74, 6) is -1.15. The van der Waals surface area contributed by atoms with E-state index in [0.717, 1.165) is 0 Å². The molecule has 0 heterocycles. The van der Waals surface area contributed by atoms with Crippen LogP contribution < -0.4 is 10.6 Å². The molecule has 0 bridgehead atoms. The highest BCUT2D eigenvalue weighted by molar-refractivity contribution is 7.99. The molecule has 1 aromatic rings. The average molecular weight is 336 g/mol. The molecule has 0 aliphatic rings. The molecular formula is C14H19F3N2O2S. The van der Waals surface area contributed by atoms with Crippen LogP contribution in [0.15, 0.2) is 29.2 Å². The molecule has 1 rings (SSSR count). The molecule has 0 saturated carbocycles. The predicted octanol–water partition coefficient (Wildman–Crippen LogP) is 3.48. The molecule has 0 spiro atoms. The number of anilines is 1. The summed E-state index contributed by atoms with van der Waals surface area (Å²) in [6.45, 7) is 3.45. The summed E-state index contributed by atoms with van der Waals surface area (Å²) in [5.41, 5.74) is 0.318. The van der Waals surface area contributed by atoms with Gasteiger partial charge in [0.05, 0.1) is 11.4 Å². The molecule has 22 heavy (non-hydrogen) atoms. The monoisotopic (exact) mass is 336 g/mol. The van der Waals surface area contributed by atoms with E-state index >= 15 is 0 Å². The highest BCUT2D eigenvalue weighted by atomic mass is 32.2. The fourth-order valence-electron chi connectivity index (χ4n) is 1.52. The highest BCUT2D eigenvalue weighted by Crippen LogP contribution is 2.32. The van der Waals surface area contributed by atoms with Crippen molar-refractivity contribution in [2.75, 3.05) is 17.7 Å². The lowest BCUT2D eigenvalue weighted by Crippen LogP contribution is -2.40. The molecule has 8 heteroatoms. The second-order valence-corrected chi connectivity index (χ2v) is 5.96. The summed E-state index contributed by atoms with van der Waals surface area (Å²) in [4.78, 5) is 12.2. The van der Waals surface area contributed by atoms with Crippen LogP contribution in [0.4, 0.5) is 23.7 Å². The second-order valence-electron chi connectivity index (χ2n) is 4.95. The van der Waals surface area contributed by atoms with Gasteiger partial charge < -0.3 is 15.7 Å². The fraction of sp³-hybridized carbons (Fsp3) is 0.500. The van der Waals surface area contributed by atoms with Gasteiger partial charge in [-0.2, -0.15) is 13.2 Å². The van der Waals surface area contributed by atoms with Crippen molar-refractivity contribution in [1.82, 2.24) is 5.32 Å². The molecule has 0 aromatic heterocycles. The molecule has 0 fully saturated rings. The number of amides is 2. The Kier molecular flexibility index (Phi) is 7.02. The topological polar surface area (TPSA) is 61.4 Å². The maximum absolute atomic E-state index is 12.3. The lowest BCUT2D eigenvalue weighted by Gasteiger charge is -2.20. The van der Waals surface area contributed by atoms with Crippen molar-refractivity contribution >= 4 is 23.5 Å². The molecule has 0 unspecified atom stereocenters. The van der Waals surface area contributed by atoms with Gasteiger partial charge in [0.15, 0.2) is 0 Å². The number of hydrogen-bond acceptors (Lipinski definition) is 3. The van der Waals surface area contributed by atoms with Crippen LogP contribution in [0.25, 0.3) is 0 Å². The third kappa shape index (κ3) is 6.57. The van der Waals surface area contributed by atoms with E-state index in [1.54, 1.807) is 32.0 Å².